The number of hydrogen-bond acceptors (Lipinski definition) is 16. The van der Waals surface area contributed by atoms with Gasteiger partial charge in [-0.1, -0.05) is 36.4 Å². The van der Waals surface area contributed by atoms with E-state index in [1.807, 2.05) is 66.7 Å². The molecule has 0 spiro atoms. The van der Waals surface area contributed by atoms with Crippen LogP contribution in [0.3, 0.4) is 0 Å². The van der Waals surface area contributed by atoms with Crippen LogP contribution in [0.25, 0.3) is 0 Å². The highest BCUT2D eigenvalue weighted by molar-refractivity contribution is 6.15. The number of hydroxylamine groups is 2. The van der Waals surface area contributed by atoms with Crippen LogP contribution in [-0.2, 0) is 59.5 Å². The normalized spacial score (nSPS) is 15.2. The molecule has 4 aliphatic rings. The van der Waals surface area contributed by atoms with E-state index in [1.165, 1.54) is 14.2 Å². The van der Waals surface area contributed by atoms with E-state index in [4.69, 9.17) is 43.0 Å². The van der Waals surface area contributed by atoms with Gasteiger partial charge < -0.3 is 53.1 Å². The van der Waals surface area contributed by atoms with Crippen LogP contribution in [0.5, 0.6) is 23.0 Å². The Morgan fingerprint density at radius 3 is 2.08 bits per heavy atom. The highest BCUT2D eigenvalue weighted by atomic mass is 16.7. The number of hydrogen-bond donors (Lipinski definition) is 1. The van der Waals surface area contributed by atoms with Gasteiger partial charge in [0.05, 0.1) is 75.8 Å². The number of ether oxygens (including phenoxy) is 7. The molecule has 0 aliphatic carbocycles. The highest BCUT2D eigenvalue weighted by Gasteiger charge is 2.37. The summed E-state index contributed by atoms with van der Waals surface area (Å²) >= 11 is 0. The summed E-state index contributed by atoms with van der Waals surface area (Å²) in [7, 11) is 6.40. The highest BCUT2D eigenvalue weighted by Crippen LogP contribution is 2.42. The summed E-state index contributed by atoms with van der Waals surface area (Å²) < 4.78 is 41.5. The van der Waals surface area contributed by atoms with E-state index in [0.29, 0.717) is 116 Å². The van der Waals surface area contributed by atoms with Gasteiger partial charge in [-0.05, 0) is 77.6 Å². The quantitative estimate of drug-likeness (QED) is 0.0452. The number of fused-ring (bicyclic) bond motifs is 5. The first-order chi connectivity index (χ1) is 37.1. The number of amides is 4. The van der Waals surface area contributed by atoms with Gasteiger partial charge in [0.15, 0.2) is 23.0 Å². The number of carbonyl (C=O) groups excluding carboxylic acids is 5. The third-order valence-electron chi connectivity index (χ3n) is 13.6. The van der Waals surface area contributed by atoms with Gasteiger partial charge in [0.2, 0.25) is 0 Å². The van der Waals surface area contributed by atoms with Crippen molar-refractivity contribution in [1.82, 2.24) is 5.06 Å². The van der Waals surface area contributed by atoms with Gasteiger partial charge >= 0.3 is 5.97 Å². The van der Waals surface area contributed by atoms with E-state index >= 15 is 0 Å². The van der Waals surface area contributed by atoms with Crippen LogP contribution >= 0.6 is 0 Å². The molecule has 1 saturated heterocycles. The van der Waals surface area contributed by atoms with E-state index in [9.17, 15) is 24.0 Å². The Morgan fingerprint density at radius 1 is 0.711 bits per heavy atom. The van der Waals surface area contributed by atoms with Crippen LogP contribution in [0.1, 0.15) is 68.7 Å². The number of rotatable bonds is 25. The minimum Gasteiger partial charge on any atom is -0.493 e. The number of nitrogens with one attached hydrogen (secondary N) is 1. The lowest BCUT2D eigenvalue weighted by Gasteiger charge is -2.26. The predicted octanol–water partition coefficient (Wildman–Crippen LogP) is 7.27. The Hall–Kier alpha value is -8.00. The van der Waals surface area contributed by atoms with Crippen molar-refractivity contribution in [2.45, 2.75) is 57.8 Å². The number of imide groups is 1. The van der Waals surface area contributed by atoms with Crippen molar-refractivity contribution in [3.8, 4) is 23.0 Å². The van der Waals surface area contributed by atoms with Gasteiger partial charge in [-0.25, -0.2) is 4.79 Å². The van der Waals surface area contributed by atoms with Crippen LogP contribution < -0.4 is 39.0 Å². The predicted molar refractivity (Wildman–Crippen MR) is 283 cm³/mol. The lowest BCUT2D eigenvalue weighted by atomic mass is 10.1. The molecule has 5 aromatic rings. The fraction of sp³-hybridized carbons (Fsp3) is 0.368. The van der Waals surface area contributed by atoms with Crippen molar-refractivity contribution < 1.29 is 62.0 Å². The van der Waals surface area contributed by atoms with Crippen LogP contribution in [-0.4, -0.2) is 128 Å². The molecule has 0 unspecified atom stereocenters. The Labute approximate surface area is 441 Å². The van der Waals surface area contributed by atoms with E-state index in [2.05, 4.69) is 10.2 Å². The van der Waals surface area contributed by atoms with Crippen LogP contribution in [0.15, 0.2) is 96.0 Å². The van der Waals surface area contributed by atoms with Crippen molar-refractivity contribution in [3.63, 3.8) is 0 Å². The summed E-state index contributed by atoms with van der Waals surface area (Å²) in [5, 5.41) is 3.73. The minimum absolute atomic E-state index is 0.00645. The maximum atomic E-state index is 14.2. The number of aliphatic imine (C=N–C) groups is 1. The number of carbonyl (C=O) groups is 5. The molecule has 0 bridgehead atoms. The van der Waals surface area contributed by atoms with Gasteiger partial charge in [-0.15, -0.1) is 5.06 Å². The molecule has 1 fully saturated rings. The van der Waals surface area contributed by atoms with Crippen molar-refractivity contribution in [1.29, 1.82) is 0 Å². The molecular weight excluding hydrogens is 977 g/mol. The molecule has 0 radical (unpaired) electrons. The second-order valence-electron chi connectivity index (χ2n) is 18.4. The standard InChI is InChI=1S/C57H62N6O13/c1-58-45-32-51(49(70-3)30-43(45)56(67)61-19-17-39-10-5-7-12-47(39)61)74-35-37-26-38(36-75-52-33-46-44(31-50(52)71-4)57(68)62-42(34-59-46)29-40-11-6-8-13-48(40)62)28-41(27-37)60(20-21-72-24-25-73-23-22-69-2)18-9-14-55(66)76-63-53(64)15-16-54(63)65/h5-8,10-13,26-28,30-34,42,58H,9,14-25,29,35-36H2,1-4H3/t42-/m0/s1. The number of para-hydroxylation sites is 2. The summed E-state index contributed by atoms with van der Waals surface area (Å²) in [5.41, 5.74) is 7.99. The first kappa shape index (κ1) is 52.8. The van der Waals surface area contributed by atoms with E-state index < -0.39 is 17.8 Å². The van der Waals surface area contributed by atoms with Crippen LogP contribution in [0, 0.1) is 0 Å². The zero-order valence-electron chi connectivity index (χ0n) is 43.2. The molecule has 0 aromatic heterocycles. The number of nitrogens with zero attached hydrogens (tertiary/aromatic N) is 5. The monoisotopic (exact) mass is 1040 g/mol. The third-order valence-corrected chi connectivity index (χ3v) is 13.6. The van der Waals surface area contributed by atoms with E-state index in [0.717, 1.165) is 45.7 Å². The zero-order valence-corrected chi connectivity index (χ0v) is 43.2. The molecule has 5 aromatic carbocycles. The zero-order chi connectivity index (χ0) is 53.1. The van der Waals surface area contributed by atoms with Gasteiger partial charge in [-0.3, -0.25) is 29.1 Å². The van der Waals surface area contributed by atoms with Gasteiger partial charge in [0.25, 0.3) is 23.6 Å². The van der Waals surface area contributed by atoms with Crippen LogP contribution in [0.4, 0.5) is 28.4 Å². The molecule has 76 heavy (non-hydrogen) atoms. The average Bonchev–Trinajstić information content (AvgIpc) is 4.12. The molecule has 4 amide bonds. The lowest BCUT2D eigenvalue weighted by molar-refractivity contribution is -0.197. The first-order valence-corrected chi connectivity index (χ1v) is 25.4. The van der Waals surface area contributed by atoms with Gasteiger partial charge in [0.1, 0.15) is 13.2 Å². The van der Waals surface area contributed by atoms with Crippen molar-refractivity contribution in [2.75, 3.05) is 101 Å². The Morgan fingerprint density at radius 2 is 1.37 bits per heavy atom. The molecule has 4 heterocycles. The maximum Gasteiger partial charge on any atom is 0.333 e. The van der Waals surface area contributed by atoms with E-state index in [-0.39, 0.29) is 50.3 Å². The fourth-order valence-electron chi connectivity index (χ4n) is 9.74. The summed E-state index contributed by atoms with van der Waals surface area (Å²) in [6.45, 7) is 3.31. The lowest BCUT2D eigenvalue weighted by Crippen LogP contribution is -2.37. The maximum absolute atomic E-state index is 14.2. The number of methoxy groups -OCH3 is 3. The second kappa shape index (κ2) is 24.6. The third kappa shape index (κ3) is 11.9. The second-order valence-corrected chi connectivity index (χ2v) is 18.4. The molecule has 1 atom stereocenters. The first-order valence-electron chi connectivity index (χ1n) is 25.4. The summed E-state index contributed by atoms with van der Waals surface area (Å²) in [5.74, 6) is -0.667. The molecule has 398 valence electrons. The smallest absolute Gasteiger partial charge is 0.333 e. The topological polar surface area (TPSA) is 197 Å². The Kier molecular flexibility index (Phi) is 17.1. The molecule has 19 nitrogen and oxygen atoms in total. The van der Waals surface area contributed by atoms with Crippen molar-refractivity contribution in [2.24, 2.45) is 4.99 Å². The largest absolute Gasteiger partial charge is 0.493 e. The summed E-state index contributed by atoms with van der Waals surface area (Å²) in [6.07, 6.45) is 3.43. The van der Waals surface area contributed by atoms with Gasteiger partial charge in [0, 0.05) is 94.9 Å². The summed E-state index contributed by atoms with van der Waals surface area (Å²) in [6, 6.07) is 28.2. The average molecular weight is 1040 g/mol. The Balaban J connectivity index is 0.991. The fourth-order valence-corrected chi connectivity index (χ4v) is 9.74. The minimum atomic E-state index is -0.706. The molecular formula is C57H62N6O13. The molecule has 4 aliphatic heterocycles. The molecule has 1 N–H and O–H groups in total. The number of benzene rings is 5. The van der Waals surface area contributed by atoms with Crippen LogP contribution in [0.2, 0.25) is 0 Å². The Bertz CT molecular complexity index is 2980. The SMILES string of the molecule is CNc1cc(OCc2cc(COc3cc4c(cc3OC)C(=O)N3c5ccccc5C[C@H]3C=N4)cc(N(CCCC(=O)ON3C(=O)CCC3=O)CCOCCOCCOC)c2)c(OC)cc1C(=O)N1CCc2ccccc21. The molecule has 19 heteroatoms. The molecule has 9 rings (SSSR count). The van der Waals surface area contributed by atoms with Crippen molar-refractivity contribution in [3.05, 3.63) is 124 Å². The summed E-state index contributed by atoms with van der Waals surface area (Å²) in [4.78, 5) is 81.2. The van der Waals surface area contributed by atoms with Crippen molar-refractivity contribution >= 4 is 64.2 Å². The number of anilines is 4. The molecule has 0 saturated carbocycles. The van der Waals surface area contributed by atoms with Gasteiger partial charge in [-0.2, -0.15) is 0 Å². The van der Waals surface area contributed by atoms with E-state index in [1.54, 1.807) is 54.4 Å².